The summed E-state index contributed by atoms with van der Waals surface area (Å²) >= 11 is 7.42. The van der Waals surface area contributed by atoms with Crippen molar-refractivity contribution in [3.8, 4) is 0 Å². The molecule has 2 aromatic rings. The number of aromatic nitrogens is 2. The SMILES string of the molecule is COCCNc1nc(N)ncc1Sc1ccc(Cl)cc1. The fourth-order valence-corrected chi connectivity index (χ4v) is 2.46. The molecule has 0 aliphatic heterocycles. The molecule has 0 spiro atoms. The maximum Gasteiger partial charge on any atom is 0.221 e. The molecule has 0 bridgehead atoms. The van der Waals surface area contributed by atoms with Gasteiger partial charge in [-0.05, 0) is 24.3 Å². The summed E-state index contributed by atoms with van der Waals surface area (Å²) in [5.41, 5.74) is 5.62. The molecular formula is C13H15ClN4OS. The molecule has 0 aliphatic rings. The van der Waals surface area contributed by atoms with E-state index in [1.807, 2.05) is 24.3 Å². The van der Waals surface area contributed by atoms with Gasteiger partial charge in [0.25, 0.3) is 0 Å². The zero-order valence-corrected chi connectivity index (χ0v) is 12.5. The lowest BCUT2D eigenvalue weighted by molar-refractivity contribution is 0.210. The van der Waals surface area contributed by atoms with Crippen molar-refractivity contribution >= 4 is 35.1 Å². The Kier molecular flexibility index (Phi) is 5.46. The Hall–Kier alpha value is -1.50. The van der Waals surface area contributed by atoms with Crippen LogP contribution in [-0.2, 0) is 4.74 Å². The van der Waals surface area contributed by atoms with E-state index < -0.39 is 0 Å². The Balaban J connectivity index is 2.15. The highest BCUT2D eigenvalue weighted by molar-refractivity contribution is 7.99. The third-order valence-corrected chi connectivity index (χ3v) is 3.69. The molecule has 7 heteroatoms. The minimum absolute atomic E-state index is 0.241. The van der Waals surface area contributed by atoms with Crippen LogP contribution < -0.4 is 11.1 Å². The average Bonchev–Trinajstić information content (AvgIpc) is 2.44. The second-order valence-corrected chi connectivity index (χ2v) is 5.47. The van der Waals surface area contributed by atoms with Crippen molar-refractivity contribution in [1.82, 2.24) is 9.97 Å². The molecular weight excluding hydrogens is 296 g/mol. The minimum Gasteiger partial charge on any atom is -0.383 e. The van der Waals surface area contributed by atoms with E-state index in [0.717, 1.165) is 9.79 Å². The van der Waals surface area contributed by atoms with Crippen molar-refractivity contribution < 1.29 is 4.74 Å². The highest BCUT2D eigenvalue weighted by atomic mass is 35.5. The number of halogens is 1. The summed E-state index contributed by atoms with van der Waals surface area (Å²) in [6, 6.07) is 7.59. The summed E-state index contributed by atoms with van der Waals surface area (Å²) in [6.45, 7) is 1.25. The Morgan fingerprint density at radius 2 is 2.10 bits per heavy atom. The zero-order valence-electron chi connectivity index (χ0n) is 11.0. The number of hydrogen-bond acceptors (Lipinski definition) is 6. The maximum atomic E-state index is 5.87. The van der Waals surface area contributed by atoms with Gasteiger partial charge < -0.3 is 15.8 Å². The quantitative estimate of drug-likeness (QED) is 0.799. The summed E-state index contributed by atoms with van der Waals surface area (Å²) in [4.78, 5) is 10.2. The number of ether oxygens (including phenoxy) is 1. The molecule has 5 nitrogen and oxygen atoms in total. The van der Waals surface area contributed by atoms with Crippen molar-refractivity contribution in [2.45, 2.75) is 9.79 Å². The van der Waals surface area contributed by atoms with Crippen molar-refractivity contribution in [2.75, 3.05) is 31.3 Å². The molecule has 0 unspecified atom stereocenters. The van der Waals surface area contributed by atoms with Crippen LogP contribution in [0.3, 0.4) is 0 Å². The summed E-state index contributed by atoms with van der Waals surface area (Å²) in [5.74, 6) is 0.944. The molecule has 20 heavy (non-hydrogen) atoms. The van der Waals surface area contributed by atoms with Crippen LogP contribution in [0.1, 0.15) is 0 Å². The molecule has 0 fully saturated rings. The van der Waals surface area contributed by atoms with Crippen LogP contribution in [0.4, 0.5) is 11.8 Å². The van der Waals surface area contributed by atoms with Crippen molar-refractivity contribution in [3.63, 3.8) is 0 Å². The number of nitrogens with two attached hydrogens (primary N) is 1. The van der Waals surface area contributed by atoms with E-state index in [1.54, 1.807) is 25.1 Å². The van der Waals surface area contributed by atoms with Crippen LogP contribution in [0.5, 0.6) is 0 Å². The predicted octanol–water partition coefficient (Wildman–Crippen LogP) is 2.92. The average molecular weight is 311 g/mol. The summed E-state index contributed by atoms with van der Waals surface area (Å²) in [6.07, 6.45) is 1.71. The maximum absolute atomic E-state index is 5.87. The second-order valence-electron chi connectivity index (χ2n) is 3.92. The molecule has 1 aromatic carbocycles. The molecule has 0 saturated carbocycles. The topological polar surface area (TPSA) is 73.1 Å². The standard InChI is InChI=1S/C13H15ClN4OS/c1-19-7-6-16-12-11(8-17-13(15)18-12)20-10-4-2-9(14)3-5-10/h2-5,8H,6-7H2,1H3,(H3,15,16,17,18). The second kappa shape index (κ2) is 7.33. The number of nitrogens with one attached hydrogen (secondary N) is 1. The van der Waals surface area contributed by atoms with Crippen LogP contribution >= 0.6 is 23.4 Å². The summed E-state index contributed by atoms with van der Waals surface area (Å²) in [7, 11) is 1.65. The van der Waals surface area contributed by atoms with Crippen LogP contribution in [0.2, 0.25) is 5.02 Å². The van der Waals surface area contributed by atoms with Crippen LogP contribution in [0, 0.1) is 0 Å². The van der Waals surface area contributed by atoms with E-state index in [2.05, 4.69) is 15.3 Å². The zero-order chi connectivity index (χ0) is 14.4. The first-order valence-electron chi connectivity index (χ1n) is 5.98. The number of nitrogen functional groups attached to an aromatic ring is 1. The third-order valence-electron chi connectivity index (χ3n) is 2.41. The number of rotatable bonds is 6. The fraction of sp³-hybridized carbons (Fsp3) is 0.231. The van der Waals surface area contributed by atoms with Gasteiger partial charge in [0.15, 0.2) is 0 Å². The van der Waals surface area contributed by atoms with Gasteiger partial charge in [-0.3, -0.25) is 0 Å². The fourth-order valence-electron chi connectivity index (χ4n) is 1.49. The van der Waals surface area contributed by atoms with Gasteiger partial charge in [-0.15, -0.1) is 0 Å². The number of hydrogen-bond donors (Lipinski definition) is 2. The Bertz CT molecular complexity index is 565. The smallest absolute Gasteiger partial charge is 0.221 e. The van der Waals surface area contributed by atoms with Gasteiger partial charge >= 0.3 is 0 Å². The molecule has 1 aromatic heterocycles. The molecule has 0 radical (unpaired) electrons. The van der Waals surface area contributed by atoms with Crippen LogP contribution in [-0.4, -0.2) is 30.2 Å². The lowest BCUT2D eigenvalue weighted by Crippen LogP contribution is -2.11. The van der Waals surface area contributed by atoms with E-state index in [0.29, 0.717) is 24.0 Å². The molecule has 106 valence electrons. The highest BCUT2D eigenvalue weighted by Gasteiger charge is 2.07. The van der Waals surface area contributed by atoms with Gasteiger partial charge in [-0.1, -0.05) is 23.4 Å². The lowest BCUT2D eigenvalue weighted by Gasteiger charge is -2.10. The van der Waals surface area contributed by atoms with Crippen molar-refractivity contribution in [1.29, 1.82) is 0 Å². The third kappa shape index (κ3) is 4.26. The van der Waals surface area contributed by atoms with Gasteiger partial charge in [0, 0.05) is 29.8 Å². The summed E-state index contributed by atoms with van der Waals surface area (Å²) in [5, 5.41) is 3.89. The number of nitrogens with zero attached hydrogens (tertiary/aromatic N) is 2. The van der Waals surface area contributed by atoms with E-state index >= 15 is 0 Å². The van der Waals surface area contributed by atoms with E-state index in [9.17, 15) is 0 Å². The number of benzene rings is 1. The van der Waals surface area contributed by atoms with Gasteiger partial charge in [0.1, 0.15) is 5.82 Å². The van der Waals surface area contributed by atoms with E-state index in [4.69, 9.17) is 22.1 Å². The lowest BCUT2D eigenvalue weighted by atomic mass is 10.4. The van der Waals surface area contributed by atoms with Gasteiger partial charge in [-0.2, -0.15) is 4.98 Å². The van der Waals surface area contributed by atoms with Crippen molar-refractivity contribution in [3.05, 3.63) is 35.5 Å². The Labute approximate surface area is 126 Å². The van der Waals surface area contributed by atoms with E-state index in [1.165, 1.54) is 0 Å². The molecule has 2 rings (SSSR count). The van der Waals surface area contributed by atoms with Crippen LogP contribution in [0.25, 0.3) is 0 Å². The van der Waals surface area contributed by atoms with Gasteiger partial charge in [0.05, 0.1) is 11.5 Å². The first kappa shape index (κ1) is 14.9. The first-order valence-corrected chi connectivity index (χ1v) is 7.17. The minimum atomic E-state index is 0.241. The van der Waals surface area contributed by atoms with Gasteiger partial charge in [0.2, 0.25) is 5.95 Å². The summed E-state index contributed by atoms with van der Waals surface area (Å²) < 4.78 is 5.01. The predicted molar refractivity (Wildman–Crippen MR) is 82.4 cm³/mol. The monoisotopic (exact) mass is 310 g/mol. The van der Waals surface area contributed by atoms with Crippen LogP contribution in [0.15, 0.2) is 40.3 Å². The largest absolute Gasteiger partial charge is 0.383 e. The van der Waals surface area contributed by atoms with Gasteiger partial charge in [-0.25, -0.2) is 4.98 Å². The number of anilines is 2. The molecule has 0 amide bonds. The molecule has 0 saturated heterocycles. The Morgan fingerprint density at radius 3 is 2.80 bits per heavy atom. The molecule has 1 heterocycles. The van der Waals surface area contributed by atoms with Crippen molar-refractivity contribution in [2.24, 2.45) is 0 Å². The number of methoxy groups -OCH3 is 1. The molecule has 0 aliphatic carbocycles. The normalized spacial score (nSPS) is 10.5. The molecule has 0 atom stereocenters. The first-order chi connectivity index (χ1) is 9.69. The highest BCUT2D eigenvalue weighted by Crippen LogP contribution is 2.32. The molecule has 3 N–H and O–H groups in total. The Morgan fingerprint density at radius 1 is 1.35 bits per heavy atom. The van der Waals surface area contributed by atoms with E-state index in [-0.39, 0.29) is 5.95 Å².